The smallest absolute Gasteiger partial charge is 0.337 e. The van der Waals surface area contributed by atoms with Crippen molar-refractivity contribution in [1.82, 2.24) is 4.90 Å². The van der Waals surface area contributed by atoms with Crippen LogP contribution in [0.15, 0.2) is 66.7 Å². The lowest BCUT2D eigenvalue weighted by molar-refractivity contribution is -0.124. The molecule has 2 atom stereocenters. The zero-order valence-electron chi connectivity index (χ0n) is 22.6. The van der Waals surface area contributed by atoms with Crippen LogP contribution in [0.2, 0.25) is 0 Å². The van der Waals surface area contributed by atoms with Gasteiger partial charge >= 0.3 is 12.0 Å². The molecule has 0 aliphatic carbocycles. The van der Waals surface area contributed by atoms with E-state index >= 15 is 0 Å². The number of nitrogens with one attached hydrogen (secondary N) is 2. The van der Waals surface area contributed by atoms with Crippen molar-refractivity contribution < 1.29 is 28.6 Å². The average Bonchev–Trinajstić information content (AvgIpc) is 3.46. The Kier molecular flexibility index (Phi) is 9.63. The van der Waals surface area contributed by atoms with Crippen molar-refractivity contribution in [1.29, 1.82) is 0 Å². The number of Topliss-reactive ketones (excluding diaryl/α,β-unsaturated/α-hetero) is 1. The number of carbonyl (C=O) groups excluding carboxylic acids is 3. The van der Waals surface area contributed by atoms with Crippen LogP contribution in [0.4, 0.5) is 16.2 Å². The van der Waals surface area contributed by atoms with Gasteiger partial charge in [0.05, 0.1) is 31.5 Å². The summed E-state index contributed by atoms with van der Waals surface area (Å²) in [6.07, 6.45) is 1.65. The van der Waals surface area contributed by atoms with Crippen LogP contribution in [0.5, 0.6) is 11.5 Å². The van der Waals surface area contributed by atoms with Crippen LogP contribution in [0, 0.1) is 6.92 Å². The first-order valence-corrected chi connectivity index (χ1v) is 13.3. The third kappa shape index (κ3) is 7.11. The molecule has 40 heavy (non-hydrogen) atoms. The number of amides is 2. The lowest BCUT2D eigenvalue weighted by Crippen LogP contribution is -2.43. The summed E-state index contributed by atoms with van der Waals surface area (Å²) in [6.45, 7) is 2.53. The van der Waals surface area contributed by atoms with Gasteiger partial charge in [-0.25, -0.2) is 14.5 Å². The molecule has 9 nitrogen and oxygen atoms in total. The Hall–Kier alpha value is -4.08. The van der Waals surface area contributed by atoms with Crippen molar-refractivity contribution in [2.24, 2.45) is 0 Å². The van der Waals surface area contributed by atoms with Crippen LogP contribution < -0.4 is 20.1 Å². The summed E-state index contributed by atoms with van der Waals surface area (Å²) in [5.41, 5.74) is 2.44. The van der Waals surface area contributed by atoms with Gasteiger partial charge in [-0.05, 0) is 73.4 Å². The van der Waals surface area contributed by atoms with Crippen LogP contribution in [0.3, 0.4) is 0 Å². The molecule has 2 N–H and O–H groups in total. The third-order valence-corrected chi connectivity index (χ3v) is 7.06. The van der Waals surface area contributed by atoms with Gasteiger partial charge in [0.2, 0.25) is 5.69 Å². The monoisotopic (exact) mass is 565 g/mol. The van der Waals surface area contributed by atoms with E-state index in [1.807, 2.05) is 36.1 Å². The van der Waals surface area contributed by atoms with Gasteiger partial charge < -0.3 is 24.8 Å². The number of urea groups is 1. The zero-order chi connectivity index (χ0) is 28.6. The van der Waals surface area contributed by atoms with E-state index in [0.29, 0.717) is 41.4 Å². The fourth-order valence-electron chi connectivity index (χ4n) is 4.60. The summed E-state index contributed by atoms with van der Waals surface area (Å²) in [4.78, 5) is 39.3. The van der Waals surface area contributed by atoms with Crippen LogP contribution in [-0.2, 0) is 16.0 Å². The topological polar surface area (TPSA) is 106 Å². The number of para-hydroxylation sites is 1. The zero-order valence-corrected chi connectivity index (χ0v) is 23.4. The SMILES string of the molecule is COC(=O)c1ccc(OC(Cl)N2CCCC2C(=O)Cc2ccc(NC(=O)Nc3ccccc3C)c(OC)c2)cc1. The number of nitrogens with zero attached hydrogens (tertiary/aromatic N) is 1. The molecule has 3 aromatic carbocycles. The Labute approximate surface area is 238 Å². The second-order valence-corrected chi connectivity index (χ2v) is 9.77. The highest BCUT2D eigenvalue weighted by atomic mass is 35.5. The highest BCUT2D eigenvalue weighted by Crippen LogP contribution is 2.29. The van der Waals surface area contributed by atoms with E-state index in [4.69, 9.17) is 25.8 Å². The van der Waals surface area contributed by atoms with E-state index < -0.39 is 23.7 Å². The standard InChI is InChI=1S/C30H32ClN3O6/c1-19-7-4-5-8-23(19)32-30(37)33-24-15-10-20(18-27(24)38-2)17-26(35)25-9-6-16-34(25)29(31)40-22-13-11-21(12-14-22)28(36)39-3/h4-5,7-8,10-15,18,25,29H,6,9,16-17H2,1-3H3,(H2,32,33,37). The summed E-state index contributed by atoms with van der Waals surface area (Å²) >= 11 is 6.57. The predicted molar refractivity (Wildman–Crippen MR) is 153 cm³/mol. The van der Waals surface area contributed by atoms with Crippen LogP contribution in [0.1, 0.15) is 34.3 Å². The number of rotatable bonds is 10. The van der Waals surface area contributed by atoms with Gasteiger partial charge in [-0.1, -0.05) is 35.9 Å². The molecule has 0 bridgehead atoms. The molecule has 1 aliphatic heterocycles. The number of hydrogen-bond acceptors (Lipinski definition) is 7. The maximum atomic E-state index is 13.3. The van der Waals surface area contributed by atoms with E-state index in [1.54, 1.807) is 42.5 Å². The molecule has 0 radical (unpaired) electrons. The number of hydrogen-bond donors (Lipinski definition) is 2. The largest absolute Gasteiger partial charge is 0.495 e. The molecule has 1 saturated heterocycles. The molecule has 4 rings (SSSR count). The molecule has 3 aromatic rings. The Morgan fingerprint density at radius 1 is 1.00 bits per heavy atom. The number of benzene rings is 3. The van der Waals surface area contributed by atoms with Crippen molar-refractivity contribution >= 4 is 40.8 Å². The first kappa shape index (κ1) is 28.9. The van der Waals surface area contributed by atoms with Gasteiger partial charge in [0.1, 0.15) is 11.5 Å². The Balaban J connectivity index is 1.37. The van der Waals surface area contributed by atoms with Crippen molar-refractivity contribution in [2.45, 2.75) is 37.9 Å². The second kappa shape index (κ2) is 13.3. The molecule has 210 valence electrons. The van der Waals surface area contributed by atoms with E-state index in [0.717, 1.165) is 17.5 Å². The molecule has 0 saturated carbocycles. The highest BCUT2D eigenvalue weighted by Gasteiger charge is 2.35. The number of aryl methyl sites for hydroxylation is 1. The normalized spacial score (nSPS) is 15.7. The molecule has 0 spiro atoms. The Morgan fingerprint density at radius 3 is 2.42 bits per heavy atom. The molecular formula is C30H32ClN3O6. The first-order chi connectivity index (χ1) is 19.3. The number of anilines is 2. The maximum absolute atomic E-state index is 13.3. The fraction of sp³-hybridized carbons (Fsp3) is 0.300. The number of methoxy groups -OCH3 is 2. The van der Waals surface area contributed by atoms with Crippen LogP contribution >= 0.6 is 11.6 Å². The summed E-state index contributed by atoms with van der Waals surface area (Å²) in [7, 11) is 2.83. The summed E-state index contributed by atoms with van der Waals surface area (Å²) < 4.78 is 16.1. The number of likely N-dealkylation sites (tertiary alicyclic amines) is 1. The highest BCUT2D eigenvalue weighted by molar-refractivity contribution is 6.19. The third-order valence-electron chi connectivity index (χ3n) is 6.72. The molecule has 2 amide bonds. The molecule has 1 aliphatic rings. The minimum absolute atomic E-state index is 0.00727. The fourth-order valence-corrected chi connectivity index (χ4v) is 4.94. The molecular weight excluding hydrogens is 534 g/mol. The predicted octanol–water partition coefficient (Wildman–Crippen LogP) is 5.61. The van der Waals surface area contributed by atoms with Crippen molar-refractivity contribution in [3.8, 4) is 11.5 Å². The number of ether oxygens (including phenoxy) is 3. The summed E-state index contributed by atoms with van der Waals surface area (Å²) in [6, 6.07) is 18.4. The minimum Gasteiger partial charge on any atom is -0.495 e. The van der Waals surface area contributed by atoms with Gasteiger partial charge in [0, 0.05) is 18.7 Å². The van der Waals surface area contributed by atoms with Crippen LogP contribution in [-0.4, -0.2) is 55.2 Å². The maximum Gasteiger partial charge on any atom is 0.337 e. The number of halogens is 1. The van der Waals surface area contributed by atoms with Crippen molar-refractivity contribution in [3.05, 3.63) is 83.4 Å². The van der Waals surface area contributed by atoms with Gasteiger partial charge in [0.15, 0.2) is 5.78 Å². The molecule has 1 heterocycles. The number of esters is 1. The second-order valence-electron chi connectivity index (χ2n) is 9.39. The number of ketones is 1. The molecule has 2 unspecified atom stereocenters. The van der Waals surface area contributed by atoms with E-state index in [2.05, 4.69) is 10.6 Å². The Bertz CT molecular complexity index is 1360. The van der Waals surface area contributed by atoms with E-state index in [-0.39, 0.29) is 12.2 Å². The van der Waals surface area contributed by atoms with E-state index in [1.165, 1.54) is 14.2 Å². The van der Waals surface area contributed by atoms with Gasteiger partial charge in [-0.2, -0.15) is 0 Å². The summed E-state index contributed by atoms with van der Waals surface area (Å²) in [5, 5.41) is 5.63. The van der Waals surface area contributed by atoms with Crippen molar-refractivity contribution in [2.75, 3.05) is 31.4 Å². The lowest BCUT2D eigenvalue weighted by Gasteiger charge is -2.28. The molecule has 0 aromatic heterocycles. The van der Waals surface area contributed by atoms with Crippen molar-refractivity contribution in [3.63, 3.8) is 0 Å². The lowest BCUT2D eigenvalue weighted by atomic mass is 10.0. The Morgan fingerprint density at radius 2 is 1.73 bits per heavy atom. The van der Waals surface area contributed by atoms with Crippen LogP contribution in [0.25, 0.3) is 0 Å². The number of carbonyl (C=O) groups is 3. The quantitative estimate of drug-likeness (QED) is 0.187. The minimum atomic E-state index is -0.853. The average molecular weight is 566 g/mol. The number of alkyl halides is 1. The van der Waals surface area contributed by atoms with Gasteiger partial charge in [0.25, 0.3) is 0 Å². The van der Waals surface area contributed by atoms with Gasteiger partial charge in [-0.15, -0.1) is 0 Å². The van der Waals surface area contributed by atoms with Gasteiger partial charge in [-0.3, -0.25) is 4.79 Å². The van der Waals surface area contributed by atoms with E-state index in [9.17, 15) is 14.4 Å². The summed E-state index contributed by atoms with van der Waals surface area (Å²) in [5.74, 6) is 0.491. The molecule has 1 fully saturated rings. The first-order valence-electron chi connectivity index (χ1n) is 12.9. The molecule has 10 heteroatoms.